The first-order valence-corrected chi connectivity index (χ1v) is 11.3. The second kappa shape index (κ2) is 11.2. The zero-order chi connectivity index (χ0) is 23.9. The summed E-state index contributed by atoms with van der Waals surface area (Å²) >= 11 is 0. The fourth-order valence-corrected chi connectivity index (χ4v) is 4.10. The van der Waals surface area contributed by atoms with E-state index in [2.05, 4.69) is 15.6 Å². The zero-order valence-corrected chi connectivity index (χ0v) is 19.0. The van der Waals surface area contributed by atoms with Gasteiger partial charge >= 0.3 is 0 Å². The van der Waals surface area contributed by atoms with Gasteiger partial charge in [-0.2, -0.15) is 0 Å². The number of aromatic nitrogens is 3. The Morgan fingerprint density at radius 1 is 1.26 bits per heavy atom. The molecule has 34 heavy (non-hydrogen) atoms. The average molecular weight is 470 g/mol. The predicted octanol–water partition coefficient (Wildman–Crippen LogP) is 2.08. The highest BCUT2D eigenvalue weighted by atomic mass is 19.1. The number of carbonyl (C=O) groups excluding carboxylic acids is 2. The quantitative estimate of drug-likeness (QED) is 0.457. The van der Waals surface area contributed by atoms with Gasteiger partial charge in [-0.25, -0.2) is 9.07 Å². The molecule has 2 heterocycles. The van der Waals surface area contributed by atoms with Gasteiger partial charge in [-0.3, -0.25) is 9.59 Å². The van der Waals surface area contributed by atoms with Crippen LogP contribution in [0, 0.1) is 5.82 Å². The van der Waals surface area contributed by atoms with Gasteiger partial charge in [0, 0.05) is 26.8 Å². The first-order chi connectivity index (χ1) is 16.6. The lowest BCUT2D eigenvalue weighted by Gasteiger charge is -2.33. The van der Waals surface area contributed by atoms with Crippen molar-refractivity contribution in [3.05, 3.63) is 59.9 Å². The number of hydrogen-bond acceptors (Lipinski definition) is 6. The Morgan fingerprint density at radius 2 is 2.06 bits per heavy atom. The van der Waals surface area contributed by atoms with E-state index < -0.39 is 11.9 Å². The predicted molar refractivity (Wildman–Crippen MR) is 122 cm³/mol. The van der Waals surface area contributed by atoms with Gasteiger partial charge in [-0.1, -0.05) is 29.5 Å². The number of nitrogens with one attached hydrogen (secondary N) is 1. The molecule has 0 aliphatic carbocycles. The van der Waals surface area contributed by atoms with Gasteiger partial charge in [0.1, 0.15) is 23.9 Å². The molecule has 180 valence electrons. The molecule has 2 atom stereocenters. The number of benzene rings is 2. The van der Waals surface area contributed by atoms with E-state index in [1.807, 2.05) is 24.3 Å². The van der Waals surface area contributed by atoms with Crippen LogP contribution in [0.3, 0.4) is 0 Å². The molecule has 1 aliphatic heterocycles. The molecule has 2 amide bonds. The minimum atomic E-state index is -0.969. The van der Waals surface area contributed by atoms with Crippen molar-refractivity contribution in [2.45, 2.75) is 31.5 Å². The lowest BCUT2D eigenvalue weighted by molar-refractivity contribution is -0.143. The van der Waals surface area contributed by atoms with Crippen LogP contribution in [0.25, 0.3) is 11.0 Å². The molecule has 1 aromatic heterocycles. The molecule has 1 fully saturated rings. The standard InChI is InChI=1S/C24H28FN5O4/c1-33-14-12-26-24(32)23(17-8-10-18(25)11-9-17)29(15-19-5-4-13-34-19)22(31)16-30-21-7-3-2-6-20(21)27-28-30/h2-3,6-11,19,23H,4-5,12-16H2,1H3,(H,26,32)/t19-,23+/m0/s1. The number of para-hydroxylation sites is 1. The van der Waals surface area contributed by atoms with Gasteiger partial charge in [0.25, 0.3) is 0 Å². The van der Waals surface area contributed by atoms with Crippen LogP contribution in [-0.2, 0) is 25.6 Å². The molecule has 1 N–H and O–H groups in total. The van der Waals surface area contributed by atoms with Gasteiger partial charge in [-0.15, -0.1) is 5.10 Å². The molecule has 4 rings (SSSR count). The Labute approximate surface area is 196 Å². The fourth-order valence-electron chi connectivity index (χ4n) is 4.10. The fraction of sp³-hybridized carbons (Fsp3) is 0.417. The zero-order valence-electron chi connectivity index (χ0n) is 19.0. The smallest absolute Gasteiger partial charge is 0.247 e. The topological polar surface area (TPSA) is 98.6 Å². The number of methoxy groups -OCH3 is 1. The number of halogens is 1. The van der Waals surface area contributed by atoms with Gasteiger partial charge in [0.15, 0.2) is 0 Å². The molecule has 3 aromatic rings. The molecule has 9 nitrogen and oxygen atoms in total. The van der Waals surface area contributed by atoms with Gasteiger partial charge in [0.05, 0.1) is 18.2 Å². The van der Waals surface area contributed by atoms with Crippen molar-refractivity contribution in [2.75, 3.05) is 33.4 Å². The lowest BCUT2D eigenvalue weighted by atomic mass is 10.0. The molecule has 0 radical (unpaired) electrons. The molecular weight excluding hydrogens is 441 g/mol. The van der Waals surface area contributed by atoms with Crippen molar-refractivity contribution in [3.63, 3.8) is 0 Å². The highest BCUT2D eigenvalue weighted by molar-refractivity contribution is 5.89. The molecule has 0 saturated carbocycles. The van der Waals surface area contributed by atoms with Crippen molar-refractivity contribution < 1.29 is 23.5 Å². The summed E-state index contributed by atoms with van der Waals surface area (Å²) in [7, 11) is 1.54. The molecular formula is C24H28FN5O4. The summed E-state index contributed by atoms with van der Waals surface area (Å²) in [5.41, 5.74) is 1.90. The van der Waals surface area contributed by atoms with Crippen LogP contribution in [0.15, 0.2) is 48.5 Å². The lowest BCUT2D eigenvalue weighted by Crippen LogP contribution is -2.48. The van der Waals surface area contributed by atoms with Crippen LogP contribution >= 0.6 is 0 Å². The van der Waals surface area contributed by atoms with Crippen LogP contribution in [-0.4, -0.2) is 71.2 Å². The first kappa shape index (κ1) is 23.8. The number of nitrogens with zero attached hydrogens (tertiary/aromatic N) is 4. The SMILES string of the molecule is COCCNC(=O)[C@@H](c1ccc(F)cc1)N(C[C@@H]1CCCO1)C(=O)Cn1nnc2ccccc21. The molecule has 1 saturated heterocycles. The van der Waals surface area contributed by atoms with Crippen molar-refractivity contribution in [2.24, 2.45) is 0 Å². The minimum absolute atomic E-state index is 0.101. The number of rotatable bonds is 10. The van der Waals surface area contributed by atoms with Crippen LogP contribution < -0.4 is 5.32 Å². The highest BCUT2D eigenvalue weighted by Gasteiger charge is 2.34. The third-order valence-electron chi connectivity index (χ3n) is 5.80. The van der Waals surface area contributed by atoms with E-state index >= 15 is 0 Å². The normalized spacial score (nSPS) is 16.5. The van der Waals surface area contributed by atoms with Crippen LogP contribution in [0.4, 0.5) is 4.39 Å². The minimum Gasteiger partial charge on any atom is -0.383 e. The molecule has 0 spiro atoms. The number of ether oxygens (including phenoxy) is 2. The Hall–Kier alpha value is -3.37. The maximum Gasteiger partial charge on any atom is 0.247 e. The number of amides is 2. The van der Waals surface area contributed by atoms with Crippen molar-refractivity contribution >= 4 is 22.8 Å². The van der Waals surface area contributed by atoms with Gasteiger partial charge in [-0.05, 0) is 42.7 Å². The molecule has 0 bridgehead atoms. The van der Waals surface area contributed by atoms with Crippen LogP contribution in [0.1, 0.15) is 24.4 Å². The summed E-state index contributed by atoms with van der Waals surface area (Å²) in [6, 6.07) is 12.0. The highest BCUT2D eigenvalue weighted by Crippen LogP contribution is 2.25. The third-order valence-corrected chi connectivity index (χ3v) is 5.80. The first-order valence-electron chi connectivity index (χ1n) is 11.3. The summed E-state index contributed by atoms with van der Waals surface area (Å²) in [5, 5.41) is 11.1. The second-order valence-corrected chi connectivity index (χ2v) is 8.15. The van der Waals surface area contributed by atoms with E-state index in [1.165, 1.54) is 33.8 Å². The van der Waals surface area contributed by atoms with Gasteiger partial charge < -0.3 is 19.7 Å². The largest absolute Gasteiger partial charge is 0.383 e. The van der Waals surface area contributed by atoms with Gasteiger partial charge in [0.2, 0.25) is 11.8 Å². The maximum atomic E-state index is 13.7. The van der Waals surface area contributed by atoms with E-state index in [9.17, 15) is 14.0 Å². The summed E-state index contributed by atoms with van der Waals surface area (Å²) in [5.74, 6) is -1.12. The Balaban J connectivity index is 1.66. The Morgan fingerprint density at radius 3 is 2.79 bits per heavy atom. The van der Waals surface area contributed by atoms with Crippen LogP contribution in [0.2, 0.25) is 0 Å². The second-order valence-electron chi connectivity index (χ2n) is 8.15. The van der Waals surface area contributed by atoms with E-state index in [4.69, 9.17) is 9.47 Å². The summed E-state index contributed by atoms with van der Waals surface area (Å²) < 4.78 is 26.0. The Bertz CT molecular complexity index is 1110. The number of fused-ring (bicyclic) bond motifs is 1. The Kier molecular flexibility index (Phi) is 7.81. The average Bonchev–Trinajstić information content (AvgIpc) is 3.50. The van der Waals surface area contributed by atoms with Crippen molar-refractivity contribution in [1.29, 1.82) is 0 Å². The van der Waals surface area contributed by atoms with Crippen molar-refractivity contribution in [1.82, 2.24) is 25.2 Å². The maximum absolute atomic E-state index is 13.7. The summed E-state index contributed by atoms with van der Waals surface area (Å²) in [6.07, 6.45) is 1.49. The summed E-state index contributed by atoms with van der Waals surface area (Å²) in [6.45, 7) is 1.35. The van der Waals surface area contributed by atoms with Crippen LogP contribution in [0.5, 0.6) is 0 Å². The third kappa shape index (κ3) is 5.57. The molecule has 1 aliphatic rings. The molecule has 10 heteroatoms. The molecule has 0 unspecified atom stereocenters. The van der Waals surface area contributed by atoms with E-state index in [0.717, 1.165) is 18.4 Å². The number of carbonyl (C=O) groups is 2. The molecule has 2 aromatic carbocycles. The van der Waals surface area contributed by atoms with E-state index in [1.54, 1.807) is 7.11 Å². The van der Waals surface area contributed by atoms with Crippen molar-refractivity contribution in [3.8, 4) is 0 Å². The monoisotopic (exact) mass is 469 g/mol. The summed E-state index contributed by atoms with van der Waals surface area (Å²) in [4.78, 5) is 28.5. The van der Waals surface area contributed by atoms with E-state index in [0.29, 0.717) is 24.3 Å². The number of hydrogen-bond donors (Lipinski definition) is 1. The van der Waals surface area contributed by atoms with E-state index in [-0.39, 0.29) is 37.6 Å².